The molecule has 0 aromatic carbocycles. The number of ether oxygens (including phenoxy) is 1. The molecule has 1 aromatic rings. The van der Waals surface area contributed by atoms with Crippen LogP contribution in [0.5, 0.6) is 0 Å². The highest BCUT2D eigenvalue weighted by Gasteiger charge is 2.30. The number of aromatic nitrogens is 1. The second-order valence-corrected chi connectivity index (χ2v) is 3.18. The lowest BCUT2D eigenvalue weighted by Gasteiger charge is -2.06. The van der Waals surface area contributed by atoms with E-state index < -0.39 is 40.0 Å². The van der Waals surface area contributed by atoms with E-state index in [1.54, 1.807) is 0 Å². The zero-order chi connectivity index (χ0) is 14.6. The Morgan fingerprint density at radius 3 is 2.74 bits per heavy atom. The molecule has 1 rings (SSSR count). The van der Waals surface area contributed by atoms with E-state index in [9.17, 15) is 23.7 Å². The Bertz CT molecular complexity index is 569. The van der Waals surface area contributed by atoms with Gasteiger partial charge in [-0.15, -0.1) is 0 Å². The number of hydrogen-bond donors (Lipinski definition) is 0. The van der Waals surface area contributed by atoms with Crippen molar-refractivity contribution >= 4 is 11.7 Å². The van der Waals surface area contributed by atoms with Crippen LogP contribution in [0.2, 0.25) is 0 Å². The summed E-state index contributed by atoms with van der Waals surface area (Å²) in [6.07, 6.45) is -3.29. The first-order valence-electron chi connectivity index (χ1n) is 4.97. The number of esters is 1. The lowest BCUT2D eigenvalue weighted by atomic mass is 10.1. The highest BCUT2D eigenvalue weighted by molar-refractivity contribution is 5.88. The quantitative estimate of drug-likeness (QED) is 0.470. The Balaban J connectivity index is 3.50. The van der Waals surface area contributed by atoms with Crippen molar-refractivity contribution in [3.63, 3.8) is 0 Å². The molecule has 1 heterocycles. The zero-order valence-electron chi connectivity index (χ0n) is 9.59. The number of nitriles is 1. The molecule has 0 amide bonds. The molecule has 100 valence electrons. The van der Waals surface area contributed by atoms with Crippen LogP contribution in [0.1, 0.15) is 35.1 Å². The summed E-state index contributed by atoms with van der Waals surface area (Å²) in [6.45, 7) is 1.46. The first-order chi connectivity index (χ1) is 8.92. The van der Waals surface area contributed by atoms with Crippen LogP contribution in [-0.4, -0.2) is 22.5 Å². The molecule has 0 fully saturated rings. The van der Waals surface area contributed by atoms with Gasteiger partial charge in [0.25, 0.3) is 6.43 Å². The van der Waals surface area contributed by atoms with Crippen molar-refractivity contribution in [2.24, 2.45) is 0 Å². The van der Waals surface area contributed by atoms with Gasteiger partial charge >= 0.3 is 11.7 Å². The van der Waals surface area contributed by atoms with Crippen LogP contribution in [0.25, 0.3) is 0 Å². The number of rotatable bonds is 4. The van der Waals surface area contributed by atoms with Gasteiger partial charge < -0.3 is 4.74 Å². The number of pyridine rings is 1. The van der Waals surface area contributed by atoms with Crippen LogP contribution in [0.15, 0.2) is 6.07 Å². The molecule has 0 unspecified atom stereocenters. The maximum absolute atomic E-state index is 12.7. The van der Waals surface area contributed by atoms with Crippen molar-refractivity contribution in [2.45, 2.75) is 13.3 Å². The van der Waals surface area contributed by atoms with E-state index in [0.29, 0.717) is 0 Å². The molecule has 0 atom stereocenters. The van der Waals surface area contributed by atoms with Gasteiger partial charge in [-0.3, -0.25) is 10.1 Å². The minimum Gasteiger partial charge on any atom is -0.461 e. The van der Waals surface area contributed by atoms with E-state index in [1.807, 2.05) is 0 Å². The molecule has 0 bridgehead atoms. The standard InChI is InChI=1S/C10H7F2N3O4/c1-2-19-10(16)6-3-5(4-13)8(15(17)18)7(14-6)9(11)12/h3,9H,2H2,1H3. The molecule has 0 aliphatic rings. The Morgan fingerprint density at radius 1 is 1.68 bits per heavy atom. The van der Waals surface area contributed by atoms with Crippen molar-refractivity contribution < 1.29 is 23.2 Å². The summed E-state index contributed by atoms with van der Waals surface area (Å²) in [4.78, 5) is 24.1. The number of halogens is 2. The van der Waals surface area contributed by atoms with Crippen LogP contribution >= 0.6 is 0 Å². The van der Waals surface area contributed by atoms with Crippen molar-refractivity contribution in [1.29, 1.82) is 5.26 Å². The molecule has 0 radical (unpaired) electrons. The SMILES string of the molecule is CCOC(=O)c1cc(C#N)c([N+](=O)[O-])c(C(F)F)n1. The molecule has 0 N–H and O–H groups in total. The molecule has 0 saturated heterocycles. The van der Waals surface area contributed by atoms with Crippen molar-refractivity contribution in [1.82, 2.24) is 4.98 Å². The van der Waals surface area contributed by atoms with Gasteiger partial charge in [0.1, 0.15) is 11.6 Å². The van der Waals surface area contributed by atoms with E-state index in [0.717, 1.165) is 6.07 Å². The van der Waals surface area contributed by atoms with Crippen LogP contribution < -0.4 is 0 Å². The Morgan fingerprint density at radius 2 is 2.32 bits per heavy atom. The number of hydrogen-bond acceptors (Lipinski definition) is 6. The highest BCUT2D eigenvalue weighted by Crippen LogP contribution is 2.30. The fourth-order valence-electron chi connectivity index (χ4n) is 1.30. The third-order valence-electron chi connectivity index (χ3n) is 2.01. The number of nitro groups is 1. The molecular formula is C10H7F2N3O4. The Kier molecular flexibility index (Phi) is 4.41. The summed E-state index contributed by atoms with van der Waals surface area (Å²) < 4.78 is 29.9. The smallest absolute Gasteiger partial charge is 0.356 e. The second kappa shape index (κ2) is 5.81. The largest absolute Gasteiger partial charge is 0.461 e. The molecular weight excluding hydrogens is 264 g/mol. The lowest BCUT2D eigenvalue weighted by molar-refractivity contribution is -0.386. The van der Waals surface area contributed by atoms with Gasteiger partial charge in [-0.1, -0.05) is 0 Å². The van der Waals surface area contributed by atoms with Gasteiger partial charge in [0, 0.05) is 0 Å². The summed E-state index contributed by atoms with van der Waals surface area (Å²) in [7, 11) is 0. The molecule has 7 nitrogen and oxygen atoms in total. The van der Waals surface area contributed by atoms with Gasteiger partial charge in [0.2, 0.25) is 0 Å². The third-order valence-corrected chi connectivity index (χ3v) is 2.01. The topological polar surface area (TPSA) is 106 Å². The Labute approximate surface area is 105 Å². The van der Waals surface area contributed by atoms with Crippen molar-refractivity contribution in [3.05, 3.63) is 33.1 Å². The molecule has 0 aliphatic heterocycles. The van der Waals surface area contributed by atoms with Crippen LogP contribution in [-0.2, 0) is 4.74 Å². The molecule has 19 heavy (non-hydrogen) atoms. The summed E-state index contributed by atoms with van der Waals surface area (Å²) in [5.74, 6) is -1.03. The average molecular weight is 271 g/mol. The van der Waals surface area contributed by atoms with Gasteiger partial charge in [0.15, 0.2) is 11.4 Å². The van der Waals surface area contributed by atoms with E-state index >= 15 is 0 Å². The summed E-state index contributed by atoms with van der Waals surface area (Å²) in [5.41, 5.74) is -3.57. The summed E-state index contributed by atoms with van der Waals surface area (Å²) in [5, 5.41) is 19.4. The minimum absolute atomic E-state index is 0.0244. The zero-order valence-corrected chi connectivity index (χ0v) is 9.59. The molecule has 0 spiro atoms. The molecule has 1 aromatic heterocycles. The predicted molar refractivity (Wildman–Crippen MR) is 56.5 cm³/mol. The minimum atomic E-state index is -3.29. The third kappa shape index (κ3) is 2.98. The lowest BCUT2D eigenvalue weighted by Crippen LogP contribution is -2.12. The van der Waals surface area contributed by atoms with Crippen molar-refractivity contribution in [3.8, 4) is 6.07 Å². The fraction of sp³-hybridized carbons (Fsp3) is 0.300. The Hall–Kier alpha value is -2.63. The van der Waals surface area contributed by atoms with Crippen LogP contribution in [0.4, 0.5) is 14.5 Å². The monoisotopic (exact) mass is 271 g/mol. The highest BCUT2D eigenvalue weighted by atomic mass is 19.3. The molecule has 0 saturated carbocycles. The van der Waals surface area contributed by atoms with Gasteiger partial charge in [-0.25, -0.2) is 18.6 Å². The number of alkyl halides is 2. The normalized spacial score (nSPS) is 10.1. The molecule has 9 heteroatoms. The summed E-state index contributed by atoms with van der Waals surface area (Å²) >= 11 is 0. The average Bonchev–Trinajstić information content (AvgIpc) is 2.36. The van der Waals surface area contributed by atoms with Crippen molar-refractivity contribution in [2.75, 3.05) is 6.61 Å². The van der Waals surface area contributed by atoms with E-state index in [1.165, 1.54) is 13.0 Å². The first kappa shape index (κ1) is 14.4. The van der Waals surface area contributed by atoms with E-state index in [2.05, 4.69) is 9.72 Å². The predicted octanol–water partition coefficient (Wildman–Crippen LogP) is 1.98. The molecule has 0 aliphatic carbocycles. The number of nitrogens with zero attached hydrogens (tertiary/aromatic N) is 3. The maximum Gasteiger partial charge on any atom is 0.356 e. The van der Waals surface area contributed by atoms with E-state index in [-0.39, 0.29) is 6.61 Å². The number of carbonyl (C=O) groups is 1. The van der Waals surface area contributed by atoms with Crippen LogP contribution in [0, 0.1) is 21.4 Å². The first-order valence-corrected chi connectivity index (χ1v) is 4.97. The van der Waals surface area contributed by atoms with E-state index in [4.69, 9.17) is 5.26 Å². The summed E-state index contributed by atoms with van der Waals surface area (Å²) in [6, 6.07) is 2.14. The second-order valence-electron chi connectivity index (χ2n) is 3.18. The van der Waals surface area contributed by atoms with Crippen LogP contribution in [0.3, 0.4) is 0 Å². The fourth-order valence-corrected chi connectivity index (χ4v) is 1.30. The van der Waals surface area contributed by atoms with Gasteiger partial charge in [0.05, 0.1) is 11.5 Å². The van der Waals surface area contributed by atoms with Gasteiger partial charge in [-0.2, -0.15) is 5.26 Å². The maximum atomic E-state index is 12.7. The van der Waals surface area contributed by atoms with Gasteiger partial charge in [-0.05, 0) is 13.0 Å². The number of carbonyl (C=O) groups excluding carboxylic acids is 1.